The second-order valence-electron chi connectivity index (χ2n) is 10.2. The van der Waals surface area contributed by atoms with Crippen LogP contribution < -0.4 is 19.3 Å². The maximum atomic E-state index is 13.4. The molecule has 198 valence electrons. The summed E-state index contributed by atoms with van der Waals surface area (Å²) < 4.78 is 11.2. The van der Waals surface area contributed by atoms with Crippen LogP contribution in [-0.2, 0) is 28.8 Å². The van der Waals surface area contributed by atoms with E-state index in [1.807, 2.05) is 0 Å². The molecule has 4 amide bonds. The molecule has 0 saturated heterocycles. The molecule has 0 bridgehead atoms. The number of anilines is 2. The van der Waals surface area contributed by atoms with E-state index in [9.17, 15) is 28.8 Å². The topological polar surface area (TPSA) is 127 Å². The van der Waals surface area contributed by atoms with E-state index in [2.05, 4.69) is 0 Å². The molecule has 0 radical (unpaired) electrons. The van der Waals surface area contributed by atoms with Crippen molar-refractivity contribution in [2.75, 3.05) is 9.80 Å². The third-order valence-corrected chi connectivity index (χ3v) is 8.04. The number of carbonyl (C=O) groups is 6. The average Bonchev–Trinajstić information content (AvgIpc) is 3.58. The Bertz CT molecular complexity index is 1620. The predicted molar refractivity (Wildman–Crippen MR) is 138 cm³/mol. The van der Waals surface area contributed by atoms with Gasteiger partial charge in [0.1, 0.15) is 23.3 Å². The molecule has 7 rings (SSSR count). The molecule has 4 unspecified atom stereocenters. The number of imide groups is 2. The van der Waals surface area contributed by atoms with E-state index in [1.165, 1.54) is 26.0 Å². The van der Waals surface area contributed by atoms with Crippen LogP contribution in [0.25, 0.3) is 0 Å². The van der Waals surface area contributed by atoms with Gasteiger partial charge in [0.15, 0.2) is 0 Å². The fourth-order valence-corrected chi connectivity index (χ4v) is 6.47. The van der Waals surface area contributed by atoms with Crippen molar-refractivity contribution in [1.29, 1.82) is 0 Å². The van der Waals surface area contributed by atoms with Crippen LogP contribution in [0.5, 0.6) is 11.5 Å². The minimum absolute atomic E-state index is 0.144. The second kappa shape index (κ2) is 8.19. The van der Waals surface area contributed by atoms with Gasteiger partial charge in [-0.15, -0.1) is 0 Å². The van der Waals surface area contributed by atoms with Gasteiger partial charge in [-0.1, -0.05) is 36.4 Å². The molecule has 4 aliphatic heterocycles. The summed E-state index contributed by atoms with van der Waals surface area (Å²) in [5, 5.41) is 0. The Morgan fingerprint density at radius 2 is 0.950 bits per heavy atom. The zero-order valence-electron chi connectivity index (χ0n) is 21.2. The Balaban J connectivity index is 1.32. The fourth-order valence-electron chi connectivity index (χ4n) is 6.47. The van der Waals surface area contributed by atoms with Crippen molar-refractivity contribution in [1.82, 2.24) is 0 Å². The highest BCUT2D eigenvalue weighted by Gasteiger charge is 2.54. The maximum Gasteiger partial charge on any atom is 0.320 e. The van der Waals surface area contributed by atoms with E-state index in [1.54, 1.807) is 48.5 Å². The van der Waals surface area contributed by atoms with Crippen LogP contribution in [0.15, 0.2) is 60.7 Å². The molecular weight excluding hydrogens is 516 g/mol. The summed E-state index contributed by atoms with van der Waals surface area (Å²) in [5.74, 6) is -7.26. The van der Waals surface area contributed by atoms with Crippen molar-refractivity contribution in [3.63, 3.8) is 0 Å². The first-order valence-electron chi connectivity index (χ1n) is 12.7. The normalized spacial score (nSPS) is 23.9. The molecule has 3 aromatic carbocycles. The van der Waals surface area contributed by atoms with Crippen LogP contribution in [0.2, 0.25) is 0 Å². The number of benzene rings is 3. The number of para-hydroxylation sites is 2. The quantitative estimate of drug-likeness (QED) is 0.361. The number of hydrogen-bond acceptors (Lipinski definition) is 8. The lowest BCUT2D eigenvalue weighted by Crippen LogP contribution is -2.35. The van der Waals surface area contributed by atoms with Crippen LogP contribution in [0.3, 0.4) is 0 Å². The Labute approximate surface area is 227 Å². The zero-order valence-corrected chi connectivity index (χ0v) is 21.2. The zero-order chi connectivity index (χ0) is 28.0. The van der Waals surface area contributed by atoms with Crippen LogP contribution >= 0.6 is 0 Å². The van der Waals surface area contributed by atoms with Gasteiger partial charge in [-0.25, -0.2) is 9.80 Å². The molecule has 0 spiro atoms. The van der Waals surface area contributed by atoms with E-state index in [0.717, 1.165) is 9.80 Å². The Morgan fingerprint density at radius 3 is 1.32 bits per heavy atom. The molecular formula is C30H20N2O8. The Morgan fingerprint density at radius 1 is 0.575 bits per heavy atom. The summed E-state index contributed by atoms with van der Waals surface area (Å²) in [5.41, 5.74) is 2.55. The second-order valence-corrected chi connectivity index (χ2v) is 10.2. The largest absolute Gasteiger partial charge is 0.426 e. The lowest BCUT2D eigenvalue weighted by atomic mass is 9.80. The van der Waals surface area contributed by atoms with Gasteiger partial charge in [0, 0.05) is 25.0 Å². The maximum absolute atomic E-state index is 13.4. The molecule has 10 heteroatoms. The first-order chi connectivity index (χ1) is 19.2. The van der Waals surface area contributed by atoms with Crippen molar-refractivity contribution in [3.8, 4) is 11.5 Å². The lowest BCUT2D eigenvalue weighted by Gasteiger charge is -2.17. The minimum atomic E-state index is -1.07. The highest BCUT2D eigenvalue weighted by Crippen LogP contribution is 2.55. The van der Waals surface area contributed by atoms with Crippen LogP contribution in [0, 0.1) is 0 Å². The van der Waals surface area contributed by atoms with E-state index < -0.39 is 59.2 Å². The van der Waals surface area contributed by atoms with E-state index >= 15 is 0 Å². The van der Waals surface area contributed by atoms with Gasteiger partial charge in [0.05, 0.1) is 23.2 Å². The molecule has 0 aliphatic carbocycles. The Hall–Kier alpha value is -5.12. The SMILES string of the molecule is CC(=O)N1C(=O)C(C2C(=O)Oc3cc4c(cc32)OC(=O)C4C2C(=O)N(C(C)=O)c3ccccc32)c2ccccc21. The van der Waals surface area contributed by atoms with Gasteiger partial charge in [0.25, 0.3) is 0 Å². The van der Waals surface area contributed by atoms with Crippen molar-refractivity contribution in [2.24, 2.45) is 0 Å². The van der Waals surface area contributed by atoms with Crippen LogP contribution in [0.1, 0.15) is 59.8 Å². The third kappa shape index (κ3) is 3.04. The van der Waals surface area contributed by atoms with Crippen LogP contribution in [-0.4, -0.2) is 35.6 Å². The molecule has 0 N–H and O–H groups in total. The van der Waals surface area contributed by atoms with Crippen molar-refractivity contribution >= 4 is 46.9 Å². The minimum Gasteiger partial charge on any atom is -0.426 e. The third-order valence-electron chi connectivity index (χ3n) is 8.04. The highest BCUT2D eigenvalue weighted by molar-refractivity contribution is 6.23. The number of nitrogens with zero attached hydrogens (tertiary/aromatic N) is 2. The highest BCUT2D eigenvalue weighted by atomic mass is 16.5. The smallest absolute Gasteiger partial charge is 0.320 e. The summed E-state index contributed by atoms with van der Waals surface area (Å²) in [6.45, 7) is 2.56. The number of rotatable bonds is 2. The molecule has 40 heavy (non-hydrogen) atoms. The molecule has 0 fully saturated rings. The average molecular weight is 536 g/mol. The number of esters is 2. The van der Waals surface area contributed by atoms with Crippen molar-refractivity contribution in [2.45, 2.75) is 37.5 Å². The lowest BCUT2D eigenvalue weighted by molar-refractivity contribution is -0.137. The monoisotopic (exact) mass is 536 g/mol. The van der Waals surface area contributed by atoms with Crippen LogP contribution in [0.4, 0.5) is 11.4 Å². The van der Waals surface area contributed by atoms with E-state index in [-0.39, 0.29) is 11.5 Å². The van der Waals surface area contributed by atoms with Gasteiger partial charge in [0.2, 0.25) is 23.6 Å². The van der Waals surface area contributed by atoms with Gasteiger partial charge in [-0.2, -0.15) is 0 Å². The number of carbonyl (C=O) groups excluding carboxylic acids is 6. The molecule has 0 saturated carbocycles. The molecule has 4 heterocycles. The summed E-state index contributed by atoms with van der Waals surface area (Å²) in [6, 6.07) is 16.5. The van der Waals surface area contributed by atoms with Crippen molar-refractivity contribution in [3.05, 3.63) is 82.9 Å². The van der Waals surface area contributed by atoms with Gasteiger partial charge in [-0.3, -0.25) is 28.8 Å². The molecule has 3 aromatic rings. The summed E-state index contributed by atoms with van der Waals surface area (Å²) >= 11 is 0. The van der Waals surface area contributed by atoms with E-state index in [0.29, 0.717) is 33.6 Å². The standard InChI is InChI=1S/C30H20N2O8/c1-13(33)31-19-9-5-3-7-15(19)23(27(31)35)25-17-11-22-18(12-21(17)39-29(25)37)26(30(38)40-22)24-16-8-4-6-10-20(16)32(14(2)34)28(24)36/h3-12,23-26H,1-2H3. The fraction of sp³-hybridized carbons (Fsp3) is 0.200. The first-order valence-corrected chi connectivity index (χ1v) is 12.7. The van der Waals surface area contributed by atoms with E-state index in [4.69, 9.17) is 9.47 Å². The molecule has 4 atom stereocenters. The summed E-state index contributed by atoms with van der Waals surface area (Å²) in [4.78, 5) is 80.1. The van der Waals surface area contributed by atoms with Gasteiger partial charge in [-0.05, 0) is 35.4 Å². The number of fused-ring (bicyclic) bond motifs is 4. The first kappa shape index (κ1) is 24.0. The molecule has 4 aliphatic rings. The Kier molecular flexibility index (Phi) is 4.90. The number of ether oxygens (including phenoxy) is 2. The number of hydrogen-bond donors (Lipinski definition) is 0. The summed E-state index contributed by atoms with van der Waals surface area (Å²) in [6.07, 6.45) is 0. The predicted octanol–water partition coefficient (Wildman–Crippen LogP) is 3.05. The molecule has 0 aromatic heterocycles. The van der Waals surface area contributed by atoms with Crippen molar-refractivity contribution < 1.29 is 38.2 Å². The summed E-state index contributed by atoms with van der Waals surface area (Å²) in [7, 11) is 0. The number of amides is 4. The van der Waals surface area contributed by atoms with Gasteiger partial charge < -0.3 is 9.47 Å². The molecule has 10 nitrogen and oxygen atoms in total. The van der Waals surface area contributed by atoms with Gasteiger partial charge >= 0.3 is 11.9 Å².